The van der Waals surface area contributed by atoms with E-state index in [2.05, 4.69) is 18.9 Å². The van der Waals surface area contributed by atoms with Crippen molar-refractivity contribution in [1.82, 2.24) is 9.78 Å². The van der Waals surface area contributed by atoms with E-state index in [9.17, 15) is 5.11 Å². The molecule has 0 aliphatic heterocycles. The van der Waals surface area contributed by atoms with Gasteiger partial charge < -0.3 is 5.11 Å². The summed E-state index contributed by atoms with van der Waals surface area (Å²) in [5.41, 5.74) is 1.66. The lowest BCUT2D eigenvalue weighted by molar-refractivity contribution is 0.275. The van der Waals surface area contributed by atoms with Gasteiger partial charge in [0.2, 0.25) is 0 Å². The van der Waals surface area contributed by atoms with E-state index >= 15 is 0 Å². The van der Waals surface area contributed by atoms with Gasteiger partial charge in [0.05, 0.1) is 12.3 Å². The highest BCUT2D eigenvalue weighted by atomic mass is 35.5. The number of aliphatic hydroxyl groups excluding tert-OH is 1. The molecule has 0 unspecified atom stereocenters. The molecule has 0 atom stereocenters. The third-order valence-corrected chi connectivity index (χ3v) is 5.78. The summed E-state index contributed by atoms with van der Waals surface area (Å²) in [5.74, 6) is 0. The monoisotopic (exact) mass is 398 g/mol. The van der Waals surface area contributed by atoms with Gasteiger partial charge in [0.25, 0.3) is 0 Å². The average molecular weight is 399 g/mol. The van der Waals surface area contributed by atoms with E-state index in [-0.39, 0.29) is 12.6 Å². The third kappa shape index (κ3) is 3.65. The highest BCUT2D eigenvalue weighted by Gasteiger charge is 2.22. The lowest BCUT2D eigenvalue weighted by Gasteiger charge is -2.12. The second-order valence-electron chi connectivity index (χ2n) is 5.51. The Labute approximate surface area is 159 Å². The van der Waals surface area contributed by atoms with Gasteiger partial charge in [-0.05, 0) is 43.5 Å². The van der Waals surface area contributed by atoms with Crippen LogP contribution in [0.5, 0.6) is 0 Å². The molecule has 7 heteroatoms. The highest BCUT2D eigenvalue weighted by molar-refractivity contribution is 7.99. The van der Waals surface area contributed by atoms with E-state index in [0.29, 0.717) is 15.7 Å². The number of halogens is 2. The molecule has 2 heterocycles. The van der Waals surface area contributed by atoms with Crippen molar-refractivity contribution in [3.05, 3.63) is 51.5 Å². The van der Waals surface area contributed by atoms with Crippen LogP contribution < -0.4 is 0 Å². The van der Waals surface area contributed by atoms with Crippen LogP contribution >= 0.6 is 46.3 Å². The first-order valence-corrected chi connectivity index (χ1v) is 9.85. The van der Waals surface area contributed by atoms with Crippen LogP contribution in [-0.4, -0.2) is 14.9 Å². The molecule has 3 nitrogen and oxygen atoms in total. The molecule has 0 saturated heterocycles. The van der Waals surface area contributed by atoms with Crippen molar-refractivity contribution in [3.63, 3.8) is 0 Å². The van der Waals surface area contributed by atoms with Crippen LogP contribution in [0.4, 0.5) is 0 Å². The van der Waals surface area contributed by atoms with Crippen LogP contribution in [-0.2, 0) is 6.61 Å². The molecule has 126 valence electrons. The predicted molar refractivity (Wildman–Crippen MR) is 102 cm³/mol. The fraction of sp³-hybridized carbons (Fsp3) is 0.235. The molecule has 1 aromatic carbocycles. The minimum atomic E-state index is -0.100. The zero-order chi connectivity index (χ0) is 17.3. The second kappa shape index (κ2) is 7.50. The van der Waals surface area contributed by atoms with Crippen LogP contribution in [0.3, 0.4) is 0 Å². The maximum Gasteiger partial charge on any atom is 0.108 e. The highest BCUT2D eigenvalue weighted by Crippen LogP contribution is 2.42. The summed E-state index contributed by atoms with van der Waals surface area (Å²) in [6, 6.07) is 9.69. The fourth-order valence-corrected chi connectivity index (χ4v) is 5.17. The fourth-order valence-electron chi connectivity index (χ4n) is 2.39. The summed E-state index contributed by atoms with van der Waals surface area (Å²) in [7, 11) is 0. The van der Waals surface area contributed by atoms with Crippen molar-refractivity contribution in [1.29, 1.82) is 0 Å². The van der Waals surface area contributed by atoms with E-state index in [1.54, 1.807) is 29.2 Å². The van der Waals surface area contributed by atoms with Crippen LogP contribution in [0.1, 0.15) is 25.6 Å². The van der Waals surface area contributed by atoms with Gasteiger partial charge in [-0.1, -0.05) is 41.0 Å². The molecule has 0 radical (unpaired) electrons. The first-order valence-electron chi connectivity index (χ1n) is 7.39. The van der Waals surface area contributed by atoms with Crippen LogP contribution in [0.25, 0.3) is 10.4 Å². The molecule has 24 heavy (non-hydrogen) atoms. The number of thiophene rings is 1. The molecular formula is C17H16Cl2N2OS2. The quantitative estimate of drug-likeness (QED) is 0.560. The molecule has 0 aliphatic carbocycles. The molecule has 0 saturated carbocycles. The molecule has 0 bridgehead atoms. The molecule has 0 aliphatic rings. The normalized spacial score (nSPS) is 11.4. The van der Waals surface area contributed by atoms with Gasteiger partial charge >= 0.3 is 0 Å². The molecule has 1 N–H and O–H groups in total. The van der Waals surface area contributed by atoms with Gasteiger partial charge in [-0.25, -0.2) is 0 Å². The smallest absolute Gasteiger partial charge is 0.108 e. The zero-order valence-corrected chi connectivity index (χ0v) is 16.3. The van der Waals surface area contributed by atoms with Crippen LogP contribution in [0.2, 0.25) is 10.0 Å². The van der Waals surface area contributed by atoms with E-state index in [1.807, 2.05) is 34.3 Å². The van der Waals surface area contributed by atoms with E-state index in [1.165, 1.54) is 0 Å². The lowest BCUT2D eigenvalue weighted by Crippen LogP contribution is -2.04. The summed E-state index contributed by atoms with van der Waals surface area (Å²) < 4.78 is 1.94. The summed E-state index contributed by atoms with van der Waals surface area (Å²) in [6.07, 6.45) is 0. The summed E-state index contributed by atoms with van der Waals surface area (Å²) >= 11 is 15.5. The van der Waals surface area contributed by atoms with E-state index < -0.39 is 0 Å². The Hall–Kier alpha value is -0.980. The largest absolute Gasteiger partial charge is 0.390 e. The van der Waals surface area contributed by atoms with Gasteiger partial charge in [-0.15, -0.1) is 11.3 Å². The molecule has 3 rings (SSSR count). The van der Waals surface area contributed by atoms with Gasteiger partial charge in [-0.3, -0.25) is 4.68 Å². The van der Waals surface area contributed by atoms with Crippen molar-refractivity contribution in [3.8, 4) is 10.4 Å². The van der Waals surface area contributed by atoms with Gasteiger partial charge in [0, 0.05) is 31.4 Å². The number of rotatable bonds is 5. The maximum absolute atomic E-state index is 9.77. The number of aromatic nitrogens is 2. The molecule has 3 aromatic rings. The SMILES string of the molecule is CC(C)n1nc(CO)c(-c2cccs2)c1Sc1cc(Cl)cc(Cl)c1. The summed E-state index contributed by atoms with van der Waals surface area (Å²) in [4.78, 5) is 2.03. The number of hydrogen-bond donors (Lipinski definition) is 1. The van der Waals surface area contributed by atoms with Crippen LogP contribution in [0, 0.1) is 0 Å². The third-order valence-electron chi connectivity index (χ3n) is 3.40. The summed E-state index contributed by atoms with van der Waals surface area (Å²) in [5, 5.41) is 18.6. The Bertz CT molecular complexity index is 824. The van der Waals surface area contributed by atoms with Crippen molar-refractivity contribution >= 4 is 46.3 Å². The number of benzene rings is 1. The van der Waals surface area contributed by atoms with Crippen LogP contribution in [0.15, 0.2) is 45.6 Å². The lowest BCUT2D eigenvalue weighted by atomic mass is 10.2. The van der Waals surface area contributed by atoms with E-state index in [0.717, 1.165) is 20.4 Å². The Kier molecular flexibility index (Phi) is 5.57. The van der Waals surface area contributed by atoms with Crippen molar-refractivity contribution < 1.29 is 5.11 Å². The Morgan fingerprint density at radius 1 is 1.25 bits per heavy atom. The standard InChI is InChI=1S/C17H16Cl2N2OS2/c1-10(2)21-17(24-13-7-11(18)6-12(19)8-13)16(14(9-22)20-21)15-4-3-5-23-15/h3-8,10,22H,9H2,1-2H3. The average Bonchev–Trinajstić information content (AvgIpc) is 3.12. The van der Waals surface area contributed by atoms with Crippen molar-refractivity contribution in [2.24, 2.45) is 0 Å². The Balaban J connectivity index is 2.15. The van der Waals surface area contributed by atoms with Gasteiger partial charge in [0.15, 0.2) is 0 Å². The topological polar surface area (TPSA) is 38.0 Å². The molecule has 2 aromatic heterocycles. The van der Waals surface area contributed by atoms with Gasteiger partial charge in [0.1, 0.15) is 5.03 Å². The Morgan fingerprint density at radius 2 is 1.96 bits per heavy atom. The number of aliphatic hydroxyl groups is 1. The summed E-state index contributed by atoms with van der Waals surface area (Å²) in [6.45, 7) is 4.04. The Morgan fingerprint density at radius 3 is 2.50 bits per heavy atom. The van der Waals surface area contributed by atoms with Gasteiger partial charge in [-0.2, -0.15) is 5.10 Å². The number of hydrogen-bond acceptors (Lipinski definition) is 4. The van der Waals surface area contributed by atoms with Crippen molar-refractivity contribution in [2.45, 2.75) is 36.4 Å². The maximum atomic E-state index is 9.77. The van der Waals surface area contributed by atoms with Crippen molar-refractivity contribution in [2.75, 3.05) is 0 Å². The number of nitrogens with zero attached hydrogens (tertiary/aromatic N) is 2. The molecule has 0 fully saturated rings. The minimum absolute atomic E-state index is 0.100. The first-order chi connectivity index (χ1) is 11.5. The molecule has 0 spiro atoms. The minimum Gasteiger partial charge on any atom is -0.390 e. The predicted octanol–water partition coefficient (Wildman–Crippen LogP) is 6.14. The zero-order valence-electron chi connectivity index (χ0n) is 13.2. The van der Waals surface area contributed by atoms with E-state index in [4.69, 9.17) is 23.2 Å². The molecular weight excluding hydrogens is 383 g/mol. The first kappa shape index (κ1) is 17.8. The molecule has 0 amide bonds. The second-order valence-corrected chi connectivity index (χ2v) is 8.39.